The van der Waals surface area contributed by atoms with Crippen molar-refractivity contribution in [2.75, 3.05) is 6.61 Å². The van der Waals surface area contributed by atoms with Crippen molar-refractivity contribution in [1.82, 2.24) is 5.01 Å². The average molecular weight is 590 g/mol. The molecule has 1 aliphatic carbocycles. The number of halogens is 3. The number of benzene rings is 1. The van der Waals surface area contributed by atoms with Crippen molar-refractivity contribution in [3.63, 3.8) is 0 Å². The van der Waals surface area contributed by atoms with Crippen LogP contribution < -0.4 is 0 Å². The van der Waals surface area contributed by atoms with Gasteiger partial charge < -0.3 is 13.6 Å². The quantitative estimate of drug-likeness (QED) is 0.220. The molecule has 1 aromatic carbocycles. The van der Waals surface area contributed by atoms with Crippen LogP contribution in [-0.2, 0) is 9.53 Å². The predicted octanol–water partition coefficient (Wildman–Crippen LogP) is 8.03. The van der Waals surface area contributed by atoms with Gasteiger partial charge in [-0.25, -0.2) is 9.80 Å². The van der Waals surface area contributed by atoms with Gasteiger partial charge in [-0.1, -0.05) is 34.8 Å². The molecule has 0 radical (unpaired) electrons. The number of esters is 1. The second-order valence-electron chi connectivity index (χ2n) is 8.95. The monoisotopic (exact) mass is 588 g/mol. The van der Waals surface area contributed by atoms with Crippen LogP contribution in [0.4, 0.5) is 0 Å². The summed E-state index contributed by atoms with van der Waals surface area (Å²) in [4.78, 5) is 26.5. The first-order valence-corrected chi connectivity index (χ1v) is 13.8. The van der Waals surface area contributed by atoms with Crippen LogP contribution in [0.3, 0.4) is 0 Å². The van der Waals surface area contributed by atoms with Crippen LogP contribution in [0.1, 0.15) is 46.5 Å². The Bertz CT molecular complexity index is 1590. The van der Waals surface area contributed by atoms with E-state index in [1.54, 1.807) is 30.7 Å². The Labute approximate surface area is 236 Å². The lowest BCUT2D eigenvalue weighted by atomic mass is 9.79. The number of carbonyl (C=O) groups is 2. The molecule has 1 aliphatic heterocycles. The third-order valence-electron chi connectivity index (χ3n) is 6.61. The molecule has 1 fully saturated rings. The summed E-state index contributed by atoms with van der Waals surface area (Å²) in [5.41, 5.74) is 1.82. The van der Waals surface area contributed by atoms with E-state index in [-0.39, 0.29) is 15.8 Å². The first kappa shape index (κ1) is 25.2. The molecule has 6 rings (SSSR count). The summed E-state index contributed by atoms with van der Waals surface area (Å²) in [7, 11) is 0. The number of thiophene rings is 1. The number of fused-ring (bicyclic) bond motifs is 2. The molecule has 4 heterocycles. The van der Waals surface area contributed by atoms with Crippen molar-refractivity contribution in [2.45, 2.75) is 25.3 Å². The summed E-state index contributed by atoms with van der Waals surface area (Å²) in [5, 5.41) is 7.53. The number of allylic oxidation sites excluding steroid dienone is 1. The number of rotatable bonds is 5. The molecule has 2 unspecified atom stereocenters. The summed E-state index contributed by atoms with van der Waals surface area (Å²) in [6, 6.07) is 10.1. The number of carbonyl (C=O) groups excluding carboxylic acids is 2. The fourth-order valence-corrected chi connectivity index (χ4v) is 7.26. The van der Waals surface area contributed by atoms with Gasteiger partial charge in [-0.15, -0.1) is 11.3 Å². The Hall–Kier alpha value is -3.04. The minimum Gasteiger partial charge on any atom is -0.467 e. The van der Waals surface area contributed by atoms with Crippen LogP contribution in [0, 0.1) is 5.92 Å². The zero-order valence-corrected chi connectivity index (χ0v) is 22.7. The van der Waals surface area contributed by atoms with Gasteiger partial charge in [0.05, 0.1) is 28.3 Å². The van der Waals surface area contributed by atoms with Crippen molar-refractivity contribution >= 4 is 79.9 Å². The Morgan fingerprint density at radius 1 is 1.16 bits per heavy atom. The summed E-state index contributed by atoms with van der Waals surface area (Å²) in [6.07, 6.45) is 7.73. The topological polar surface area (TPSA) is 85.3 Å². The van der Waals surface area contributed by atoms with Crippen molar-refractivity contribution in [3.05, 3.63) is 86.0 Å². The normalized spacial score (nSPS) is 20.1. The van der Waals surface area contributed by atoms with Crippen molar-refractivity contribution in [1.29, 1.82) is 0 Å². The molecule has 2 atom stereocenters. The van der Waals surface area contributed by atoms with Gasteiger partial charge in [0.2, 0.25) is 0 Å². The molecule has 194 valence electrons. The minimum atomic E-state index is -0.728. The molecule has 0 bridgehead atoms. The fraction of sp³-hybridized carbons (Fsp3) is 0.222. The van der Waals surface area contributed by atoms with E-state index in [0.29, 0.717) is 25.9 Å². The van der Waals surface area contributed by atoms with E-state index >= 15 is 0 Å². The highest BCUT2D eigenvalue weighted by atomic mass is 35.5. The number of nitrogens with zero attached hydrogens (tertiary/aromatic N) is 2. The first-order chi connectivity index (χ1) is 18.4. The molecule has 0 saturated heterocycles. The van der Waals surface area contributed by atoms with Gasteiger partial charge in [-0.05, 0) is 67.3 Å². The molecule has 0 spiro atoms. The molecular formula is C27H19Cl3N2O5S. The summed E-state index contributed by atoms with van der Waals surface area (Å²) < 4.78 is 17.3. The third kappa shape index (κ3) is 4.56. The van der Waals surface area contributed by atoms with Crippen LogP contribution in [0.25, 0.3) is 16.2 Å². The molecule has 38 heavy (non-hydrogen) atoms. The number of hydrazone groups is 1. The highest BCUT2D eigenvalue weighted by Crippen LogP contribution is 2.45. The summed E-state index contributed by atoms with van der Waals surface area (Å²) in [5.74, 6) is 0.0796. The summed E-state index contributed by atoms with van der Waals surface area (Å²) in [6.45, 7) is -0.518. The predicted molar refractivity (Wildman–Crippen MR) is 147 cm³/mol. The molecule has 11 heteroatoms. The largest absolute Gasteiger partial charge is 0.467 e. The van der Waals surface area contributed by atoms with Gasteiger partial charge in [0, 0.05) is 21.0 Å². The van der Waals surface area contributed by atoms with E-state index in [4.69, 9.17) is 53.5 Å². The van der Waals surface area contributed by atoms with Gasteiger partial charge in [0.1, 0.15) is 22.4 Å². The van der Waals surface area contributed by atoms with Gasteiger partial charge in [-0.3, -0.25) is 4.79 Å². The lowest BCUT2D eigenvalue weighted by Crippen LogP contribution is -2.34. The third-order valence-corrected chi connectivity index (χ3v) is 8.74. The maximum absolute atomic E-state index is 13.4. The second-order valence-corrected chi connectivity index (χ2v) is 11.2. The molecule has 7 nitrogen and oxygen atoms in total. The van der Waals surface area contributed by atoms with Crippen LogP contribution in [-0.4, -0.2) is 29.2 Å². The second kappa shape index (κ2) is 10.3. The molecule has 1 saturated carbocycles. The fourth-order valence-electron chi connectivity index (χ4n) is 4.99. The van der Waals surface area contributed by atoms with Crippen molar-refractivity contribution < 1.29 is 23.2 Å². The SMILES string of the molecule is O=C(OCC(=O)N1N=C2C(=Cc3ccco3)CCCC2C1c1ccco1)c1sc2cc(Cl)cc(Cl)c2c1Cl. The average Bonchev–Trinajstić information content (AvgIpc) is 3.68. The number of amides is 1. The smallest absolute Gasteiger partial charge is 0.350 e. The highest BCUT2D eigenvalue weighted by Gasteiger charge is 2.45. The number of furan rings is 2. The summed E-state index contributed by atoms with van der Waals surface area (Å²) >= 11 is 19.9. The van der Waals surface area contributed by atoms with Crippen LogP contribution in [0.15, 0.2) is 68.4 Å². The standard InChI is InChI=1S/C27H19Cl3N2O5S/c28-15-11-18(29)22-20(12-15)38-26(23(22)30)27(34)37-13-21(33)32-25(19-7-3-9-36-19)17-6-1-4-14(24(17)31-32)10-16-5-2-8-35-16/h2-3,5,7-12,17,25H,1,4,6,13H2. The first-order valence-electron chi connectivity index (χ1n) is 11.8. The zero-order chi connectivity index (χ0) is 26.4. The van der Waals surface area contributed by atoms with Gasteiger partial charge in [0.15, 0.2) is 6.61 Å². The van der Waals surface area contributed by atoms with Gasteiger partial charge in [0.25, 0.3) is 5.91 Å². The van der Waals surface area contributed by atoms with E-state index in [2.05, 4.69) is 0 Å². The van der Waals surface area contributed by atoms with Crippen LogP contribution in [0.5, 0.6) is 0 Å². The molecule has 4 aromatic rings. The van der Waals surface area contributed by atoms with Crippen molar-refractivity contribution in [2.24, 2.45) is 11.0 Å². The Balaban J connectivity index is 1.26. The van der Waals surface area contributed by atoms with E-state index in [9.17, 15) is 9.59 Å². The van der Waals surface area contributed by atoms with E-state index < -0.39 is 24.5 Å². The maximum Gasteiger partial charge on any atom is 0.350 e. The molecular weight excluding hydrogens is 571 g/mol. The number of hydrogen-bond acceptors (Lipinski definition) is 7. The highest BCUT2D eigenvalue weighted by molar-refractivity contribution is 7.21. The van der Waals surface area contributed by atoms with Crippen molar-refractivity contribution in [3.8, 4) is 0 Å². The maximum atomic E-state index is 13.4. The molecule has 0 N–H and O–H groups in total. The lowest BCUT2D eigenvalue weighted by Gasteiger charge is -2.27. The number of hydrogen-bond donors (Lipinski definition) is 0. The molecule has 3 aromatic heterocycles. The van der Waals surface area contributed by atoms with Crippen LogP contribution in [0.2, 0.25) is 15.1 Å². The molecule has 2 aliphatic rings. The van der Waals surface area contributed by atoms with Gasteiger partial charge >= 0.3 is 5.97 Å². The Morgan fingerprint density at radius 3 is 2.74 bits per heavy atom. The molecule has 1 amide bonds. The minimum absolute atomic E-state index is 0.0558. The Morgan fingerprint density at radius 2 is 1.97 bits per heavy atom. The van der Waals surface area contributed by atoms with E-state index in [0.717, 1.165) is 47.6 Å². The number of ether oxygens (including phenoxy) is 1. The lowest BCUT2D eigenvalue weighted by molar-refractivity contribution is -0.137. The van der Waals surface area contributed by atoms with Gasteiger partial charge in [-0.2, -0.15) is 5.10 Å². The van der Waals surface area contributed by atoms with E-state index in [1.807, 2.05) is 24.3 Å². The zero-order valence-electron chi connectivity index (χ0n) is 19.7. The Kier molecular flexibility index (Phi) is 6.82. The van der Waals surface area contributed by atoms with E-state index in [1.165, 1.54) is 5.01 Å². The van der Waals surface area contributed by atoms with Crippen LogP contribution >= 0.6 is 46.1 Å².